The van der Waals surface area contributed by atoms with Gasteiger partial charge in [0.1, 0.15) is 0 Å². The summed E-state index contributed by atoms with van der Waals surface area (Å²) in [5, 5.41) is 0. The third-order valence-corrected chi connectivity index (χ3v) is 7.54. The topological polar surface area (TPSA) is 40.6 Å². The Labute approximate surface area is 162 Å². The van der Waals surface area contributed by atoms with E-state index in [0.29, 0.717) is 32.0 Å². The minimum atomic E-state index is -4.48. The molecule has 0 amide bonds. The van der Waals surface area contributed by atoms with Gasteiger partial charge in [0.15, 0.2) is 0 Å². The highest BCUT2D eigenvalue weighted by Crippen LogP contribution is 2.32. The first-order chi connectivity index (χ1) is 13.2. The molecule has 0 bridgehead atoms. The van der Waals surface area contributed by atoms with Crippen molar-refractivity contribution in [3.8, 4) is 0 Å². The van der Waals surface area contributed by atoms with E-state index < -0.39 is 21.8 Å². The van der Waals surface area contributed by atoms with Crippen LogP contribution in [0.25, 0.3) is 0 Å². The van der Waals surface area contributed by atoms with Crippen LogP contribution in [0.4, 0.5) is 13.2 Å². The maximum absolute atomic E-state index is 12.8. The fourth-order valence-corrected chi connectivity index (χ4v) is 5.50. The number of hydrogen-bond donors (Lipinski definition) is 0. The third-order valence-electron chi connectivity index (χ3n) is 5.62. The number of rotatable bonds is 3. The second kappa shape index (κ2) is 7.17. The zero-order chi connectivity index (χ0) is 19.9. The lowest BCUT2D eigenvalue weighted by Gasteiger charge is -2.36. The molecule has 0 aliphatic carbocycles. The predicted molar refractivity (Wildman–Crippen MR) is 98.9 cm³/mol. The first kappa shape index (κ1) is 19.4. The molecule has 4 nitrogen and oxygen atoms in total. The van der Waals surface area contributed by atoms with Crippen molar-refractivity contribution in [1.82, 2.24) is 9.21 Å². The zero-order valence-electron chi connectivity index (χ0n) is 15.2. The summed E-state index contributed by atoms with van der Waals surface area (Å²) in [6.07, 6.45) is -3.05. The fourth-order valence-electron chi connectivity index (χ4n) is 4.03. The van der Waals surface area contributed by atoms with Crippen LogP contribution in [0.15, 0.2) is 53.4 Å². The van der Waals surface area contributed by atoms with Gasteiger partial charge in [0.2, 0.25) is 10.0 Å². The van der Waals surface area contributed by atoms with E-state index in [1.165, 1.54) is 15.4 Å². The van der Waals surface area contributed by atoms with Crippen molar-refractivity contribution in [3.05, 3.63) is 65.2 Å². The average molecular weight is 410 g/mol. The molecule has 0 aromatic heterocycles. The third kappa shape index (κ3) is 3.68. The first-order valence-corrected chi connectivity index (χ1v) is 10.7. The van der Waals surface area contributed by atoms with Crippen molar-refractivity contribution in [1.29, 1.82) is 0 Å². The molecule has 1 fully saturated rings. The molecule has 2 heterocycles. The van der Waals surface area contributed by atoms with Crippen molar-refractivity contribution < 1.29 is 21.6 Å². The Morgan fingerprint density at radius 2 is 1.39 bits per heavy atom. The molecule has 4 rings (SSSR count). The summed E-state index contributed by atoms with van der Waals surface area (Å²) in [6.45, 7) is 2.51. The van der Waals surface area contributed by atoms with E-state index >= 15 is 0 Å². The van der Waals surface area contributed by atoms with Crippen molar-refractivity contribution in [3.63, 3.8) is 0 Å². The number of benzene rings is 2. The largest absolute Gasteiger partial charge is 0.416 e. The normalized spacial score (nSPS) is 19.7. The van der Waals surface area contributed by atoms with E-state index in [-0.39, 0.29) is 4.90 Å². The molecule has 0 spiro atoms. The first-order valence-electron chi connectivity index (χ1n) is 9.23. The summed E-state index contributed by atoms with van der Waals surface area (Å²) < 4.78 is 65.0. The van der Waals surface area contributed by atoms with Crippen LogP contribution in [0.2, 0.25) is 0 Å². The summed E-state index contributed by atoms with van der Waals surface area (Å²) in [4.78, 5) is 2.29. The smallest absolute Gasteiger partial charge is 0.292 e. The lowest BCUT2D eigenvalue weighted by atomic mass is 10.1. The Hall–Kier alpha value is -1.90. The molecule has 2 aliphatic rings. The van der Waals surface area contributed by atoms with Crippen LogP contribution in [0.5, 0.6) is 0 Å². The Morgan fingerprint density at radius 1 is 0.857 bits per heavy atom. The molecule has 28 heavy (non-hydrogen) atoms. The van der Waals surface area contributed by atoms with E-state index in [2.05, 4.69) is 17.0 Å². The van der Waals surface area contributed by atoms with E-state index in [9.17, 15) is 21.6 Å². The van der Waals surface area contributed by atoms with Gasteiger partial charge in [0.25, 0.3) is 0 Å². The van der Waals surface area contributed by atoms with E-state index in [1.807, 2.05) is 12.1 Å². The van der Waals surface area contributed by atoms with Gasteiger partial charge in [-0.15, -0.1) is 0 Å². The lowest BCUT2D eigenvalue weighted by molar-refractivity contribution is -0.137. The summed E-state index contributed by atoms with van der Waals surface area (Å²) in [7, 11) is -3.78. The van der Waals surface area contributed by atoms with Crippen LogP contribution in [0, 0.1) is 0 Å². The quantitative estimate of drug-likeness (QED) is 0.771. The Kier molecular flexibility index (Phi) is 4.97. The molecule has 0 radical (unpaired) electrons. The van der Waals surface area contributed by atoms with Gasteiger partial charge in [-0.2, -0.15) is 17.5 Å². The number of nitrogens with zero attached hydrogens (tertiary/aromatic N) is 2. The van der Waals surface area contributed by atoms with Gasteiger partial charge in [0.05, 0.1) is 10.5 Å². The summed E-state index contributed by atoms with van der Waals surface area (Å²) in [6, 6.07) is 12.3. The van der Waals surface area contributed by atoms with Gasteiger partial charge >= 0.3 is 6.18 Å². The molecule has 1 saturated heterocycles. The predicted octanol–water partition coefficient (Wildman–Crippen LogP) is 3.87. The van der Waals surface area contributed by atoms with Crippen LogP contribution in [-0.4, -0.2) is 36.8 Å². The van der Waals surface area contributed by atoms with Crippen LogP contribution >= 0.6 is 0 Å². The molecule has 0 N–H and O–H groups in total. The number of hydrogen-bond acceptors (Lipinski definition) is 3. The molecular formula is C20H21F3N2O2S. The maximum Gasteiger partial charge on any atom is 0.416 e. The monoisotopic (exact) mass is 410 g/mol. The Bertz CT molecular complexity index is 925. The maximum atomic E-state index is 12.8. The minimum absolute atomic E-state index is 0.0903. The highest BCUT2D eigenvalue weighted by Gasteiger charge is 2.35. The molecule has 2 aromatic carbocycles. The van der Waals surface area contributed by atoms with E-state index in [0.717, 1.165) is 37.4 Å². The fraction of sp³-hybridized carbons (Fsp3) is 0.400. The van der Waals surface area contributed by atoms with Gasteiger partial charge in [-0.05, 0) is 48.2 Å². The molecule has 0 saturated carbocycles. The second-order valence-electron chi connectivity index (χ2n) is 7.33. The van der Waals surface area contributed by atoms with Crippen LogP contribution in [0.3, 0.4) is 0 Å². The summed E-state index contributed by atoms with van der Waals surface area (Å²) >= 11 is 0. The lowest BCUT2D eigenvalue weighted by Crippen LogP contribution is -2.45. The van der Waals surface area contributed by atoms with Crippen molar-refractivity contribution in [2.45, 2.75) is 43.0 Å². The van der Waals surface area contributed by atoms with Crippen LogP contribution in [-0.2, 0) is 29.3 Å². The number of fused-ring (bicyclic) bond motifs is 1. The number of halogens is 3. The van der Waals surface area contributed by atoms with Gasteiger partial charge in [-0.25, -0.2) is 8.42 Å². The minimum Gasteiger partial charge on any atom is -0.292 e. The highest BCUT2D eigenvalue weighted by atomic mass is 32.2. The Morgan fingerprint density at radius 3 is 1.89 bits per heavy atom. The zero-order valence-corrected chi connectivity index (χ0v) is 16.0. The molecule has 8 heteroatoms. The van der Waals surface area contributed by atoms with Crippen molar-refractivity contribution >= 4 is 10.0 Å². The van der Waals surface area contributed by atoms with Crippen LogP contribution in [0.1, 0.15) is 29.5 Å². The second-order valence-corrected chi connectivity index (χ2v) is 9.27. The molecule has 2 aromatic rings. The molecular weight excluding hydrogens is 389 g/mol. The Balaban J connectivity index is 1.41. The summed E-state index contributed by atoms with van der Waals surface area (Å²) in [5.74, 6) is 0. The standard InChI is InChI=1S/C20H21F3N2O2S/c21-20(22,23)17-5-7-19(8-6-17)28(26,27)25-11-9-18(10-12-25)24-13-15-3-1-2-4-16(15)14-24/h1-8,18H,9-14H2. The van der Waals surface area contributed by atoms with Gasteiger partial charge in [-0.1, -0.05) is 24.3 Å². The SMILES string of the molecule is O=S(=O)(c1ccc(C(F)(F)F)cc1)N1CCC(N2Cc3ccccc3C2)CC1. The molecule has 150 valence electrons. The van der Waals surface area contributed by atoms with Crippen LogP contribution < -0.4 is 0 Å². The van der Waals surface area contributed by atoms with Crippen molar-refractivity contribution in [2.75, 3.05) is 13.1 Å². The highest BCUT2D eigenvalue weighted by molar-refractivity contribution is 7.89. The molecule has 0 atom stereocenters. The van der Waals surface area contributed by atoms with E-state index in [1.54, 1.807) is 0 Å². The average Bonchev–Trinajstić information content (AvgIpc) is 3.12. The number of piperidine rings is 1. The van der Waals surface area contributed by atoms with Crippen molar-refractivity contribution in [2.24, 2.45) is 0 Å². The molecule has 0 unspecified atom stereocenters. The van der Waals surface area contributed by atoms with E-state index in [4.69, 9.17) is 0 Å². The number of sulfonamides is 1. The van der Waals surface area contributed by atoms with Gasteiger partial charge < -0.3 is 0 Å². The van der Waals surface area contributed by atoms with Gasteiger partial charge in [-0.3, -0.25) is 4.90 Å². The molecule has 2 aliphatic heterocycles. The van der Waals surface area contributed by atoms with Gasteiger partial charge in [0, 0.05) is 32.2 Å². The summed E-state index contributed by atoms with van der Waals surface area (Å²) in [5.41, 5.74) is 1.79. The number of alkyl halides is 3.